The van der Waals surface area contributed by atoms with Crippen molar-refractivity contribution in [1.29, 1.82) is 0 Å². The number of hydrogen-bond donors (Lipinski definition) is 2. The van der Waals surface area contributed by atoms with Crippen molar-refractivity contribution in [3.8, 4) is 0 Å². The summed E-state index contributed by atoms with van der Waals surface area (Å²) >= 11 is 1.21. The van der Waals surface area contributed by atoms with E-state index < -0.39 is 18.6 Å². The molecule has 7 heteroatoms. The van der Waals surface area contributed by atoms with E-state index in [0.29, 0.717) is 0 Å². The standard InChI is InChI=1S/C13H17F3N2OS/c1-2-17-7-10-3-5-11(6-4-10)20-8-12(19)18-9-13(14,15)16/h3-6,17H,2,7-9H2,1H3,(H,18,19). The van der Waals surface area contributed by atoms with Crippen LogP contribution in [0.4, 0.5) is 13.2 Å². The highest BCUT2D eigenvalue weighted by molar-refractivity contribution is 8.00. The Balaban J connectivity index is 2.32. The number of carbonyl (C=O) groups is 1. The van der Waals surface area contributed by atoms with Gasteiger partial charge >= 0.3 is 6.18 Å². The Morgan fingerprint density at radius 1 is 1.25 bits per heavy atom. The van der Waals surface area contributed by atoms with Crippen LogP contribution in [0.15, 0.2) is 29.2 Å². The molecule has 0 fully saturated rings. The molecule has 0 saturated heterocycles. The molecule has 0 bridgehead atoms. The second kappa shape index (κ2) is 8.16. The number of halogens is 3. The highest BCUT2D eigenvalue weighted by Gasteiger charge is 2.27. The third kappa shape index (κ3) is 7.40. The minimum Gasteiger partial charge on any atom is -0.346 e. The minimum atomic E-state index is -4.37. The third-order valence-corrected chi connectivity index (χ3v) is 3.37. The van der Waals surface area contributed by atoms with Gasteiger partial charge in [-0.2, -0.15) is 13.2 Å². The maximum absolute atomic E-state index is 11.9. The predicted molar refractivity (Wildman–Crippen MR) is 73.6 cm³/mol. The van der Waals surface area contributed by atoms with Crippen LogP contribution < -0.4 is 10.6 Å². The average Bonchev–Trinajstić information content (AvgIpc) is 2.41. The second-order valence-corrected chi connectivity index (χ2v) is 5.15. The van der Waals surface area contributed by atoms with E-state index in [1.54, 1.807) is 0 Å². The zero-order valence-electron chi connectivity index (χ0n) is 11.1. The summed E-state index contributed by atoms with van der Waals surface area (Å²) in [6.07, 6.45) is -4.37. The zero-order valence-corrected chi connectivity index (χ0v) is 11.9. The van der Waals surface area contributed by atoms with Crippen LogP contribution in [0.3, 0.4) is 0 Å². The monoisotopic (exact) mass is 306 g/mol. The number of carbonyl (C=O) groups excluding carboxylic acids is 1. The van der Waals surface area contributed by atoms with E-state index in [1.807, 2.05) is 36.5 Å². The predicted octanol–water partition coefficient (Wildman–Crippen LogP) is 2.57. The Hall–Kier alpha value is -1.21. The largest absolute Gasteiger partial charge is 0.405 e. The summed E-state index contributed by atoms with van der Waals surface area (Å²) in [6.45, 7) is 2.39. The van der Waals surface area contributed by atoms with Gasteiger partial charge in [-0.25, -0.2) is 0 Å². The molecule has 1 aromatic rings. The van der Waals surface area contributed by atoms with Gasteiger partial charge in [0, 0.05) is 11.4 Å². The number of alkyl halides is 3. The first-order chi connectivity index (χ1) is 9.40. The van der Waals surface area contributed by atoms with Gasteiger partial charge in [0.05, 0.1) is 5.75 Å². The number of benzene rings is 1. The van der Waals surface area contributed by atoms with Crippen LogP contribution in [0.25, 0.3) is 0 Å². The first-order valence-electron chi connectivity index (χ1n) is 6.16. The molecular formula is C13H17F3N2OS. The van der Waals surface area contributed by atoms with Crippen molar-refractivity contribution in [2.75, 3.05) is 18.8 Å². The van der Waals surface area contributed by atoms with E-state index in [1.165, 1.54) is 11.8 Å². The summed E-state index contributed by atoms with van der Waals surface area (Å²) in [5, 5.41) is 5.02. The molecule has 20 heavy (non-hydrogen) atoms. The molecule has 3 nitrogen and oxygen atoms in total. The van der Waals surface area contributed by atoms with E-state index in [4.69, 9.17) is 0 Å². The molecule has 0 saturated carbocycles. The smallest absolute Gasteiger partial charge is 0.346 e. The molecule has 0 atom stereocenters. The van der Waals surface area contributed by atoms with E-state index >= 15 is 0 Å². The van der Waals surface area contributed by atoms with Crippen LogP contribution >= 0.6 is 11.8 Å². The zero-order chi connectivity index (χ0) is 15.0. The van der Waals surface area contributed by atoms with E-state index in [-0.39, 0.29) is 5.75 Å². The van der Waals surface area contributed by atoms with Gasteiger partial charge < -0.3 is 10.6 Å². The van der Waals surface area contributed by atoms with Gasteiger partial charge in [-0.3, -0.25) is 4.79 Å². The van der Waals surface area contributed by atoms with Gasteiger partial charge in [0.1, 0.15) is 6.54 Å². The van der Waals surface area contributed by atoms with Crippen LogP contribution in [0.5, 0.6) is 0 Å². The normalized spacial score (nSPS) is 11.4. The van der Waals surface area contributed by atoms with Gasteiger partial charge in [-0.1, -0.05) is 19.1 Å². The maximum Gasteiger partial charge on any atom is 0.405 e. The molecule has 0 spiro atoms. The molecule has 0 radical (unpaired) electrons. The van der Waals surface area contributed by atoms with Crippen molar-refractivity contribution in [2.24, 2.45) is 0 Å². The molecule has 1 aromatic carbocycles. The van der Waals surface area contributed by atoms with E-state index in [2.05, 4.69) is 5.32 Å². The fourth-order valence-electron chi connectivity index (χ4n) is 1.37. The lowest BCUT2D eigenvalue weighted by Gasteiger charge is -2.08. The summed E-state index contributed by atoms with van der Waals surface area (Å²) in [5.74, 6) is -0.646. The number of nitrogens with one attached hydrogen (secondary N) is 2. The summed E-state index contributed by atoms with van der Waals surface area (Å²) in [5.41, 5.74) is 1.12. The maximum atomic E-state index is 11.9. The Morgan fingerprint density at radius 3 is 2.45 bits per heavy atom. The molecular weight excluding hydrogens is 289 g/mol. The quantitative estimate of drug-likeness (QED) is 0.761. The van der Waals surface area contributed by atoms with Crippen LogP contribution in [-0.4, -0.2) is 30.9 Å². The number of hydrogen-bond acceptors (Lipinski definition) is 3. The molecule has 2 N–H and O–H groups in total. The Labute approximate surface area is 120 Å². The lowest BCUT2D eigenvalue weighted by Crippen LogP contribution is -2.34. The van der Waals surface area contributed by atoms with Gasteiger partial charge in [0.25, 0.3) is 0 Å². The van der Waals surface area contributed by atoms with Gasteiger partial charge in [0.2, 0.25) is 5.91 Å². The van der Waals surface area contributed by atoms with Crippen LogP contribution in [0, 0.1) is 0 Å². The first-order valence-corrected chi connectivity index (χ1v) is 7.15. The molecule has 0 aliphatic carbocycles. The van der Waals surface area contributed by atoms with Gasteiger partial charge in [0.15, 0.2) is 0 Å². The highest BCUT2D eigenvalue weighted by atomic mass is 32.2. The van der Waals surface area contributed by atoms with Gasteiger partial charge in [-0.15, -0.1) is 11.8 Å². The summed E-state index contributed by atoms with van der Waals surface area (Å²) < 4.78 is 35.7. The summed E-state index contributed by atoms with van der Waals surface area (Å²) in [7, 11) is 0. The van der Waals surface area contributed by atoms with Crippen LogP contribution in [-0.2, 0) is 11.3 Å². The first kappa shape index (κ1) is 16.8. The molecule has 1 amide bonds. The lowest BCUT2D eigenvalue weighted by molar-refractivity contribution is -0.136. The van der Waals surface area contributed by atoms with Crippen LogP contribution in [0.1, 0.15) is 12.5 Å². The Kier molecular flexibility index (Phi) is 6.87. The van der Waals surface area contributed by atoms with Crippen molar-refractivity contribution in [2.45, 2.75) is 24.5 Å². The fraction of sp³-hybridized carbons (Fsp3) is 0.462. The SMILES string of the molecule is CCNCc1ccc(SCC(=O)NCC(F)(F)F)cc1. The third-order valence-electron chi connectivity index (χ3n) is 2.36. The van der Waals surface area contributed by atoms with Crippen molar-refractivity contribution in [3.63, 3.8) is 0 Å². The molecule has 0 aromatic heterocycles. The number of amides is 1. The van der Waals surface area contributed by atoms with E-state index in [0.717, 1.165) is 23.5 Å². The highest BCUT2D eigenvalue weighted by Crippen LogP contribution is 2.18. The topological polar surface area (TPSA) is 41.1 Å². The second-order valence-electron chi connectivity index (χ2n) is 4.10. The molecule has 0 heterocycles. The number of rotatable bonds is 7. The molecule has 112 valence electrons. The minimum absolute atomic E-state index is 0.0252. The average molecular weight is 306 g/mol. The molecule has 0 unspecified atom stereocenters. The van der Waals surface area contributed by atoms with Crippen LogP contribution in [0.2, 0.25) is 0 Å². The summed E-state index contributed by atoms with van der Waals surface area (Å²) in [6, 6.07) is 7.57. The van der Waals surface area contributed by atoms with E-state index in [9.17, 15) is 18.0 Å². The van der Waals surface area contributed by atoms with Crippen molar-refractivity contribution in [1.82, 2.24) is 10.6 Å². The molecule has 0 aliphatic rings. The fourth-order valence-corrected chi connectivity index (χ4v) is 2.10. The van der Waals surface area contributed by atoms with Crippen molar-refractivity contribution >= 4 is 17.7 Å². The van der Waals surface area contributed by atoms with Crippen molar-refractivity contribution < 1.29 is 18.0 Å². The molecule has 0 aliphatic heterocycles. The van der Waals surface area contributed by atoms with Crippen molar-refractivity contribution in [3.05, 3.63) is 29.8 Å². The van der Waals surface area contributed by atoms with Gasteiger partial charge in [-0.05, 0) is 24.2 Å². The molecule has 1 rings (SSSR count). The lowest BCUT2D eigenvalue weighted by atomic mass is 10.2. The number of thioether (sulfide) groups is 1. The Morgan fingerprint density at radius 2 is 1.90 bits per heavy atom. The summed E-state index contributed by atoms with van der Waals surface area (Å²) in [4.78, 5) is 12.1. The Bertz CT molecular complexity index is 421.